The largest absolute Gasteiger partial charge is 0.380 e. The Morgan fingerprint density at radius 1 is 1.50 bits per heavy atom. The molecule has 3 atom stereocenters. The fraction of sp³-hybridized carbons (Fsp3) is 0.571. The molecule has 0 bridgehead atoms. The Kier molecular flexibility index (Phi) is 2.53. The molecule has 3 rings (SSSR count). The number of pyridine rings is 1. The summed E-state index contributed by atoms with van der Waals surface area (Å²) in [5.74, 6) is 0.607. The van der Waals surface area contributed by atoms with Gasteiger partial charge in [0.1, 0.15) is 11.8 Å². The van der Waals surface area contributed by atoms with Crippen molar-refractivity contribution in [3.8, 4) is 6.07 Å². The molecule has 1 N–H and O–H groups in total. The molecule has 1 aliphatic carbocycles. The smallest absolute Gasteiger partial charge is 0.140 e. The van der Waals surface area contributed by atoms with Crippen molar-refractivity contribution in [2.75, 3.05) is 11.9 Å². The van der Waals surface area contributed by atoms with Crippen molar-refractivity contribution in [1.29, 1.82) is 5.26 Å². The van der Waals surface area contributed by atoms with Crippen molar-refractivity contribution < 1.29 is 4.74 Å². The summed E-state index contributed by atoms with van der Waals surface area (Å²) in [6.45, 7) is 5.37. The molecular formula is C14H17N3O. The van der Waals surface area contributed by atoms with Gasteiger partial charge in [-0.25, -0.2) is 4.98 Å². The van der Waals surface area contributed by atoms with E-state index in [9.17, 15) is 0 Å². The van der Waals surface area contributed by atoms with Crippen LogP contribution in [0.3, 0.4) is 0 Å². The van der Waals surface area contributed by atoms with Crippen LogP contribution in [0.15, 0.2) is 18.3 Å². The highest BCUT2D eigenvalue weighted by Crippen LogP contribution is 2.53. The first-order chi connectivity index (χ1) is 8.63. The van der Waals surface area contributed by atoms with Crippen LogP contribution in [0.4, 0.5) is 5.69 Å². The number of nitrogens with zero attached hydrogens (tertiary/aromatic N) is 2. The van der Waals surface area contributed by atoms with Crippen LogP contribution in [0.1, 0.15) is 26.0 Å². The Morgan fingerprint density at radius 2 is 2.33 bits per heavy atom. The number of nitriles is 1. The average molecular weight is 243 g/mol. The van der Waals surface area contributed by atoms with Crippen molar-refractivity contribution in [3.63, 3.8) is 0 Å². The van der Waals surface area contributed by atoms with Gasteiger partial charge >= 0.3 is 0 Å². The summed E-state index contributed by atoms with van der Waals surface area (Å²) in [5.41, 5.74) is 1.60. The van der Waals surface area contributed by atoms with Gasteiger partial charge in [-0.15, -0.1) is 0 Å². The maximum absolute atomic E-state index is 8.72. The predicted octanol–water partition coefficient (Wildman–Crippen LogP) is 2.18. The van der Waals surface area contributed by atoms with Gasteiger partial charge in [0.05, 0.1) is 18.0 Å². The van der Waals surface area contributed by atoms with E-state index in [1.807, 2.05) is 12.1 Å². The van der Waals surface area contributed by atoms with Gasteiger partial charge in [0.2, 0.25) is 0 Å². The molecule has 4 heteroatoms. The number of fused-ring (bicyclic) bond motifs is 1. The molecule has 0 amide bonds. The Labute approximate surface area is 107 Å². The van der Waals surface area contributed by atoms with Crippen LogP contribution < -0.4 is 5.32 Å². The summed E-state index contributed by atoms with van der Waals surface area (Å²) in [6.07, 6.45) is 3.26. The molecule has 2 aliphatic rings. The molecule has 1 aliphatic heterocycles. The number of hydrogen-bond acceptors (Lipinski definition) is 4. The third-order valence-corrected chi connectivity index (χ3v) is 4.30. The summed E-state index contributed by atoms with van der Waals surface area (Å²) < 4.78 is 5.77. The van der Waals surface area contributed by atoms with Gasteiger partial charge in [0.15, 0.2) is 0 Å². The lowest BCUT2D eigenvalue weighted by molar-refractivity contribution is -0.0923. The van der Waals surface area contributed by atoms with Crippen LogP contribution in [0.5, 0.6) is 0 Å². The molecular weight excluding hydrogens is 226 g/mol. The molecule has 2 heterocycles. The van der Waals surface area contributed by atoms with Crippen molar-refractivity contribution in [1.82, 2.24) is 4.98 Å². The summed E-state index contributed by atoms with van der Waals surface area (Å²) in [4.78, 5) is 4.09. The Morgan fingerprint density at radius 3 is 3.00 bits per heavy atom. The molecule has 0 unspecified atom stereocenters. The molecule has 0 spiro atoms. The average Bonchev–Trinajstić information content (AvgIpc) is 2.83. The molecule has 1 aromatic heterocycles. The summed E-state index contributed by atoms with van der Waals surface area (Å²) in [6, 6.07) is 6.13. The van der Waals surface area contributed by atoms with Crippen LogP contribution in [0, 0.1) is 22.7 Å². The van der Waals surface area contributed by atoms with E-state index in [-0.39, 0.29) is 5.41 Å². The van der Waals surface area contributed by atoms with E-state index in [1.165, 1.54) is 0 Å². The monoisotopic (exact) mass is 243 g/mol. The van der Waals surface area contributed by atoms with E-state index in [2.05, 4.69) is 24.1 Å². The summed E-state index contributed by atoms with van der Waals surface area (Å²) in [5, 5.41) is 12.3. The van der Waals surface area contributed by atoms with E-state index >= 15 is 0 Å². The van der Waals surface area contributed by atoms with Crippen LogP contribution in [-0.4, -0.2) is 23.7 Å². The van der Waals surface area contributed by atoms with E-state index < -0.39 is 0 Å². The van der Waals surface area contributed by atoms with E-state index in [4.69, 9.17) is 10.00 Å². The molecule has 4 nitrogen and oxygen atoms in total. The minimum absolute atomic E-state index is 0.162. The topological polar surface area (TPSA) is 57.9 Å². The number of aromatic nitrogens is 1. The maximum atomic E-state index is 8.72. The number of rotatable bonds is 2. The van der Waals surface area contributed by atoms with Gasteiger partial charge in [-0.1, -0.05) is 13.8 Å². The third-order valence-electron chi connectivity index (χ3n) is 4.30. The fourth-order valence-electron chi connectivity index (χ4n) is 3.34. The van der Waals surface area contributed by atoms with Gasteiger partial charge < -0.3 is 10.1 Å². The summed E-state index contributed by atoms with van der Waals surface area (Å²) in [7, 11) is 0. The minimum atomic E-state index is 0.162. The lowest BCUT2D eigenvalue weighted by Gasteiger charge is -2.55. The number of nitrogens with one attached hydrogen (secondary N) is 1. The first kappa shape index (κ1) is 11.5. The van der Waals surface area contributed by atoms with Gasteiger partial charge in [0.25, 0.3) is 0 Å². The van der Waals surface area contributed by atoms with Crippen molar-refractivity contribution in [2.24, 2.45) is 11.3 Å². The van der Waals surface area contributed by atoms with Gasteiger partial charge in [-0.05, 0) is 18.6 Å². The zero-order chi connectivity index (χ0) is 12.8. The van der Waals surface area contributed by atoms with Crippen LogP contribution in [0.2, 0.25) is 0 Å². The van der Waals surface area contributed by atoms with Gasteiger partial charge in [-0.2, -0.15) is 5.26 Å². The second kappa shape index (κ2) is 3.96. The fourth-order valence-corrected chi connectivity index (χ4v) is 3.34. The van der Waals surface area contributed by atoms with E-state index in [0.29, 0.717) is 23.8 Å². The standard InChI is InChI=1S/C14H17N3O/c1-14(2)12(11-5-6-18-13(11)14)17-10-4-3-9(7-15)16-8-10/h3-4,8,11-13,17H,5-6H2,1-2H3/t11-,12+,13+/m0/s1. The van der Waals surface area contributed by atoms with Crippen molar-refractivity contribution in [2.45, 2.75) is 32.4 Å². The van der Waals surface area contributed by atoms with Crippen molar-refractivity contribution in [3.05, 3.63) is 24.0 Å². The molecule has 18 heavy (non-hydrogen) atoms. The predicted molar refractivity (Wildman–Crippen MR) is 68.0 cm³/mol. The molecule has 94 valence electrons. The minimum Gasteiger partial charge on any atom is -0.380 e. The zero-order valence-electron chi connectivity index (χ0n) is 10.7. The normalized spacial score (nSPS) is 32.2. The van der Waals surface area contributed by atoms with Crippen LogP contribution >= 0.6 is 0 Å². The Balaban J connectivity index is 1.74. The molecule has 1 saturated carbocycles. The first-order valence-corrected chi connectivity index (χ1v) is 6.37. The van der Waals surface area contributed by atoms with Crippen LogP contribution in [0.25, 0.3) is 0 Å². The Hall–Kier alpha value is -1.60. The number of ether oxygens (including phenoxy) is 1. The number of hydrogen-bond donors (Lipinski definition) is 1. The van der Waals surface area contributed by atoms with E-state index in [1.54, 1.807) is 12.3 Å². The Bertz CT molecular complexity index is 489. The lowest BCUT2D eigenvalue weighted by Crippen LogP contribution is -2.63. The van der Waals surface area contributed by atoms with E-state index in [0.717, 1.165) is 18.7 Å². The second-order valence-electron chi connectivity index (χ2n) is 5.73. The highest BCUT2D eigenvalue weighted by atomic mass is 16.5. The van der Waals surface area contributed by atoms with Gasteiger partial charge in [0, 0.05) is 24.0 Å². The number of anilines is 1. The lowest BCUT2D eigenvalue weighted by atomic mass is 9.57. The molecule has 2 fully saturated rings. The highest BCUT2D eigenvalue weighted by molar-refractivity contribution is 5.45. The van der Waals surface area contributed by atoms with Crippen molar-refractivity contribution >= 4 is 5.69 Å². The SMILES string of the molecule is CC1(C)[C@H](Nc2ccc(C#N)nc2)[C@@H]2CCO[C@H]21. The van der Waals surface area contributed by atoms with Gasteiger partial charge in [-0.3, -0.25) is 0 Å². The highest BCUT2D eigenvalue weighted by Gasteiger charge is 2.59. The summed E-state index contributed by atoms with van der Waals surface area (Å²) >= 11 is 0. The third kappa shape index (κ3) is 1.58. The zero-order valence-corrected chi connectivity index (χ0v) is 10.7. The molecule has 1 saturated heterocycles. The molecule has 1 aromatic rings. The van der Waals surface area contributed by atoms with Crippen LogP contribution in [-0.2, 0) is 4.74 Å². The maximum Gasteiger partial charge on any atom is 0.140 e. The first-order valence-electron chi connectivity index (χ1n) is 6.37. The quantitative estimate of drug-likeness (QED) is 0.865. The molecule has 0 aromatic carbocycles. The second-order valence-corrected chi connectivity index (χ2v) is 5.73. The molecule has 0 radical (unpaired) electrons.